The molecule has 134 valence electrons. The molecule has 1 N–H and O–H groups in total. The van der Waals surface area contributed by atoms with Crippen molar-refractivity contribution >= 4 is 17.4 Å². The number of thiazole rings is 1. The van der Waals surface area contributed by atoms with E-state index in [9.17, 15) is 4.79 Å². The summed E-state index contributed by atoms with van der Waals surface area (Å²) in [5, 5.41) is 6.08. The summed E-state index contributed by atoms with van der Waals surface area (Å²) in [6.45, 7) is 3.91. The summed E-state index contributed by atoms with van der Waals surface area (Å²) in [6.07, 6.45) is 2.16. The summed E-state index contributed by atoms with van der Waals surface area (Å²) >= 11 is 1.61. The summed E-state index contributed by atoms with van der Waals surface area (Å²) in [5.41, 5.74) is 2.12. The molecular formula is C19H25N3O2S. The molecule has 2 amide bonds. The maximum Gasteiger partial charge on any atom is 0.317 e. The van der Waals surface area contributed by atoms with E-state index in [-0.39, 0.29) is 12.1 Å². The predicted octanol–water partition coefficient (Wildman–Crippen LogP) is 3.76. The molecule has 1 aliphatic heterocycles. The van der Waals surface area contributed by atoms with Gasteiger partial charge in [-0.05, 0) is 25.3 Å². The lowest BCUT2D eigenvalue weighted by Crippen LogP contribution is -2.41. The molecule has 0 spiro atoms. The van der Waals surface area contributed by atoms with E-state index in [1.165, 1.54) is 5.56 Å². The monoisotopic (exact) mass is 359 g/mol. The number of aryl methyl sites for hydroxylation is 1. The Bertz CT molecular complexity index is 689. The van der Waals surface area contributed by atoms with Crippen LogP contribution in [0.4, 0.5) is 4.79 Å². The predicted molar refractivity (Wildman–Crippen MR) is 99.6 cm³/mol. The molecule has 2 heterocycles. The Morgan fingerprint density at radius 2 is 2.20 bits per heavy atom. The van der Waals surface area contributed by atoms with Gasteiger partial charge in [-0.15, -0.1) is 11.3 Å². The highest BCUT2D eigenvalue weighted by atomic mass is 32.1. The molecule has 5 nitrogen and oxygen atoms in total. The van der Waals surface area contributed by atoms with E-state index in [1.54, 1.807) is 23.3 Å². The molecule has 0 radical (unpaired) electrons. The topological polar surface area (TPSA) is 54.5 Å². The number of urea groups is 1. The molecule has 1 aromatic heterocycles. The first-order valence-electron chi connectivity index (χ1n) is 8.70. The average Bonchev–Trinajstić information content (AvgIpc) is 3.05. The van der Waals surface area contributed by atoms with Crippen LogP contribution < -0.4 is 5.32 Å². The average molecular weight is 359 g/mol. The molecule has 2 atom stereocenters. The highest BCUT2D eigenvalue weighted by molar-refractivity contribution is 7.09. The van der Waals surface area contributed by atoms with Gasteiger partial charge in [-0.25, -0.2) is 9.78 Å². The molecule has 0 aliphatic carbocycles. The Morgan fingerprint density at radius 3 is 2.92 bits per heavy atom. The smallest absolute Gasteiger partial charge is 0.317 e. The molecule has 0 unspecified atom stereocenters. The van der Waals surface area contributed by atoms with Gasteiger partial charge >= 0.3 is 6.03 Å². The van der Waals surface area contributed by atoms with Gasteiger partial charge < -0.3 is 15.0 Å². The van der Waals surface area contributed by atoms with Gasteiger partial charge in [0.15, 0.2) is 0 Å². The molecule has 1 aliphatic rings. The minimum Gasteiger partial charge on any atom is -0.373 e. The zero-order valence-electron chi connectivity index (χ0n) is 14.8. The molecule has 6 heteroatoms. The SMILES string of the molecule is Cc1nc(CN(C)C(=O)NC[C@@H]2CCCO[C@@H]2c2ccccc2)cs1. The number of aromatic nitrogens is 1. The van der Waals surface area contributed by atoms with Crippen molar-refractivity contribution < 1.29 is 9.53 Å². The lowest BCUT2D eigenvalue weighted by atomic mass is 9.89. The van der Waals surface area contributed by atoms with Crippen molar-refractivity contribution in [3.8, 4) is 0 Å². The number of rotatable bonds is 5. The third kappa shape index (κ3) is 4.80. The largest absolute Gasteiger partial charge is 0.373 e. The summed E-state index contributed by atoms with van der Waals surface area (Å²) < 4.78 is 5.99. The lowest BCUT2D eigenvalue weighted by molar-refractivity contribution is -0.0271. The molecule has 0 saturated carbocycles. The van der Waals surface area contributed by atoms with E-state index < -0.39 is 0 Å². The van der Waals surface area contributed by atoms with E-state index in [1.807, 2.05) is 30.5 Å². The highest BCUT2D eigenvalue weighted by Crippen LogP contribution is 2.33. The Labute approximate surface area is 153 Å². The fraction of sp³-hybridized carbons (Fsp3) is 0.474. The summed E-state index contributed by atoms with van der Waals surface area (Å²) in [6, 6.07) is 10.2. The first-order valence-corrected chi connectivity index (χ1v) is 9.58. The summed E-state index contributed by atoms with van der Waals surface area (Å²) in [5.74, 6) is 0.301. The number of amides is 2. The van der Waals surface area contributed by atoms with Crippen LogP contribution in [0.25, 0.3) is 0 Å². The first-order chi connectivity index (χ1) is 12.1. The molecule has 1 aromatic carbocycles. The van der Waals surface area contributed by atoms with Gasteiger partial charge in [0.25, 0.3) is 0 Å². The summed E-state index contributed by atoms with van der Waals surface area (Å²) in [7, 11) is 1.80. The zero-order valence-corrected chi connectivity index (χ0v) is 15.6. The van der Waals surface area contributed by atoms with Crippen LogP contribution in [0.5, 0.6) is 0 Å². The van der Waals surface area contributed by atoms with Crippen molar-refractivity contribution in [2.24, 2.45) is 5.92 Å². The van der Waals surface area contributed by atoms with Gasteiger partial charge in [-0.1, -0.05) is 30.3 Å². The van der Waals surface area contributed by atoms with Crippen LogP contribution in [-0.4, -0.2) is 36.1 Å². The van der Waals surface area contributed by atoms with Gasteiger partial charge in [-0.3, -0.25) is 0 Å². The number of ether oxygens (including phenoxy) is 1. The maximum absolute atomic E-state index is 12.4. The zero-order chi connectivity index (χ0) is 17.6. The number of nitrogens with one attached hydrogen (secondary N) is 1. The van der Waals surface area contributed by atoms with Crippen LogP contribution in [-0.2, 0) is 11.3 Å². The highest BCUT2D eigenvalue weighted by Gasteiger charge is 2.28. The molecule has 3 rings (SSSR count). The molecule has 2 aromatic rings. The van der Waals surface area contributed by atoms with Crippen molar-refractivity contribution in [1.29, 1.82) is 0 Å². The number of carbonyl (C=O) groups is 1. The lowest BCUT2D eigenvalue weighted by Gasteiger charge is -2.32. The Kier molecular flexibility index (Phi) is 6.04. The van der Waals surface area contributed by atoms with Crippen LogP contribution in [0.3, 0.4) is 0 Å². The second kappa shape index (κ2) is 8.45. The van der Waals surface area contributed by atoms with Gasteiger partial charge in [0, 0.05) is 31.5 Å². The van der Waals surface area contributed by atoms with Crippen LogP contribution in [0.2, 0.25) is 0 Å². The molecule has 1 fully saturated rings. The second-order valence-electron chi connectivity index (χ2n) is 6.50. The van der Waals surface area contributed by atoms with Crippen molar-refractivity contribution in [3.63, 3.8) is 0 Å². The number of carbonyl (C=O) groups excluding carboxylic acids is 1. The Hall–Kier alpha value is -1.92. The van der Waals surface area contributed by atoms with Crippen LogP contribution in [0, 0.1) is 12.8 Å². The van der Waals surface area contributed by atoms with E-state index in [2.05, 4.69) is 22.4 Å². The number of hydrogen-bond acceptors (Lipinski definition) is 4. The minimum atomic E-state index is -0.0666. The number of nitrogens with zero attached hydrogens (tertiary/aromatic N) is 2. The van der Waals surface area contributed by atoms with Crippen LogP contribution in [0.15, 0.2) is 35.7 Å². The van der Waals surface area contributed by atoms with E-state index in [0.717, 1.165) is 30.2 Å². The molecule has 25 heavy (non-hydrogen) atoms. The van der Waals surface area contributed by atoms with Gasteiger partial charge in [0.1, 0.15) is 0 Å². The van der Waals surface area contributed by atoms with Crippen molar-refractivity contribution in [2.75, 3.05) is 20.2 Å². The second-order valence-corrected chi connectivity index (χ2v) is 7.57. The van der Waals surface area contributed by atoms with Crippen molar-refractivity contribution in [2.45, 2.75) is 32.4 Å². The quantitative estimate of drug-likeness (QED) is 0.884. The number of benzene rings is 1. The summed E-state index contributed by atoms with van der Waals surface area (Å²) in [4.78, 5) is 18.5. The Morgan fingerprint density at radius 1 is 1.40 bits per heavy atom. The normalized spacial score (nSPS) is 20.2. The van der Waals surface area contributed by atoms with Crippen molar-refractivity contribution in [1.82, 2.24) is 15.2 Å². The van der Waals surface area contributed by atoms with Crippen LogP contribution >= 0.6 is 11.3 Å². The standard InChI is InChI=1S/C19H25N3O2S/c1-14-21-17(13-25-14)12-22(2)19(23)20-11-16-9-6-10-24-18(16)15-7-4-3-5-8-15/h3-5,7-8,13,16,18H,6,9-12H2,1-2H3,(H,20,23)/t16-,18+/m0/s1. The molecule has 0 bridgehead atoms. The van der Waals surface area contributed by atoms with Crippen LogP contribution in [0.1, 0.15) is 35.2 Å². The third-order valence-electron chi connectivity index (χ3n) is 4.50. The van der Waals surface area contributed by atoms with E-state index >= 15 is 0 Å². The third-order valence-corrected chi connectivity index (χ3v) is 5.32. The molecular weight excluding hydrogens is 334 g/mol. The maximum atomic E-state index is 12.4. The first kappa shape index (κ1) is 17.9. The van der Waals surface area contributed by atoms with Crippen molar-refractivity contribution in [3.05, 3.63) is 52.0 Å². The van der Waals surface area contributed by atoms with Gasteiger partial charge in [0.05, 0.1) is 23.4 Å². The Balaban J connectivity index is 1.54. The van der Waals surface area contributed by atoms with Gasteiger partial charge in [0.2, 0.25) is 0 Å². The number of hydrogen-bond donors (Lipinski definition) is 1. The minimum absolute atomic E-state index is 0.0572. The fourth-order valence-corrected chi connectivity index (χ4v) is 3.82. The van der Waals surface area contributed by atoms with E-state index in [4.69, 9.17) is 4.74 Å². The van der Waals surface area contributed by atoms with Gasteiger partial charge in [-0.2, -0.15) is 0 Å². The molecule has 1 saturated heterocycles. The fourth-order valence-electron chi connectivity index (χ4n) is 3.21. The van der Waals surface area contributed by atoms with E-state index in [0.29, 0.717) is 19.0 Å².